The molecule has 2 aromatic heterocycles. The molecule has 4 heterocycles. The van der Waals surface area contributed by atoms with Gasteiger partial charge in [-0.3, -0.25) is 23.9 Å². The molecule has 12 heteroatoms. The molecule has 5 aromatic rings. The highest BCUT2D eigenvalue weighted by atomic mass is 32.1. The number of nitrogens with zero attached hydrogens (tertiary/aromatic N) is 5. The first-order chi connectivity index (χ1) is 25.1. The zero-order valence-corrected chi connectivity index (χ0v) is 30.8. The first-order valence-corrected chi connectivity index (χ1v) is 18.5. The molecule has 0 radical (unpaired) electrons. The van der Waals surface area contributed by atoms with Crippen molar-refractivity contribution >= 4 is 51.8 Å². The minimum atomic E-state index is -0.246. The monoisotopic (exact) mass is 714 g/mol. The van der Waals surface area contributed by atoms with Crippen LogP contribution < -0.4 is 20.9 Å². The molecule has 3 N–H and O–H groups in total. The summed E-state index contributed by atoms with van der Waals surface area (Å²) >= 11 is 1.72. The van der Waals surface area contributed by atoms with Gasteiger partial charge in [-0.1, -0.05) is 37.3 Å². The number of benzene rings is 3. The summed E-state index contributed by atoms with van der Waals surface area (Å²) in [5, 5.41) is 19.1. The van der Waals surface area contributed by atoms with E-state index in [0.29, 0.717) is 24.2 Å². The number of fused-ring (bicyclic) bond motifs is 4. The maximum Gasteiger partial charge on any atom is 0.251 e. The molecule has 52 heavy (non-hydrogen) atoms. The quantitative estimate of drug-likeness (QED) is 0.150. The molecule has 2 atom stereocenters. The number of hydrogen-bond acceptors (Lipinski definition) is 8. The predicted octanol–water partition coefficient (Wildman–Crippen LogP) is 7.05. The lowest BCUT2D eigenvalue weighted by Crippen LogP contribution is -2.44. The fraction of sp³-hybridized carbons (Fsp3) is 0.300. The van der Waals surface area contributed by atoms with Crippen LogP contribution in [0.15, 0.2) is 77.8 Å². The Labute approximate surface area is 307 Å². The Bertz CT molecular complexity index is 2180. The Morgan fingerprint density at radius 2 is 1.65 bits per heavy atom. The van der Waals surface area contributed by atoms with Crippen molar-refractivity contribution in [3.63, 3.8) is 0 Å². The van der Waals surface area contributed by atoms with Gasteiger partial charge in [-0.2, -0.15) is 0 Å². The van der Waals surface area contributed by atoms with Gasteiger partial charge in [0.15, 0.2) is 5.82 Å². The van der Waals surface area contributed by atoms with Crippen LogP contribution >= 0.6 is 11.3 Å². The summed E-state index contributed by atoms with van der Waals surface area (Å²) in [7, 11) is 0. The Morgan fingerprint density at radius 1 is 0.923 bits per heavy atom. The van der Waals surface area contributed by atoms with Gasteiger partial charge in [0.05, 0.1) is 11.8 Å². The van der Waals surface area contributed by atoms with Gasteiger partial charge in [0.1, 0.15) is 17.4 Å². The van der Waals surface area contributed by atoms with Crippen LogP contribution in [0.5, 0.6) is 0 Å². The van der Waals surface area contributed by atoms with Crippen molar-refractivity contribution in [3.8, 4) is 5.00 Å². The Kier molecular flexibility index (Phi) is 9.74. The molecule has 0 spiro atoms. The van der Waals surface area contributed by atoms with Crippen molar-refractivity contribution in [1.82, 2.24) is 20.1 Å². The van der Waals surface area contributed by atoms with Crippen molar-refractivity contribution < 1.29 is 14.4 Å². The van der Waals surface area contributed by atoms with E-state index in [2.05, 4.69) is 57.6 Å². The van der Waals surface area contributed by atoms with Gasteiger partial charge in [0.25, 0.3) is 5.91 Å². The minimum Gasteiger partial charge on any atom is -0.378 e. The van der Waals surface area contributed by atoms with Crippen molar-refractivity contribution in [2.24, 2.45) is 4.99 Å². The van der Waals surface area contributed by atoms with Gasteiger partial charge in [-0.15, -0.1) is 21.5 Å². The summed E-state index contributed by atoms with van der Waals surface area (Å²) in [5.74, 6) is 1.33. The average Bonchev–Trinajstić information content (AvgIpc) is 3.59. The summed E-state index contributed by atoms with van der Waals surface area (Å²) in [6, 6.07) is 23.1. The average molecular weight is 715 g/mol. The number of rotatable bonds is 9. The maximum absolute atomic E-state index is 12.9. The number of nitrogens with one attached hydrogen (secondary N) is 3. The second kappa shape index (κ2) is 14.5. The van der Waals surface area contributed by atoms with Gasteiger partial charge in [-0.25, -0.2) is 0 Å². The topological polar surface area (TPSA) is 134 Å². The molecule has 0 unspecified atom stereocenters. The van der Waals surface area contributed by atoms with Crippen LogP contribution in [0.2, 0.25) is 0 Å². The smallest absolute Gasteiger partial charge is 0.251 e. The van der Waals surface area contributed by atoms with E-state index in [1.54, 1.807) is 23.5 Å². The zero-order valence-electron chi connectivity index (χ0n) is 30.0. The number of thiophene rings is 1. The highest BCUT2D eigenvalue weighted by molar-refractivity contribution is 7.15. The lowest BCUT2D eigenvalue weighted by Gasteiger charge is -2.40. The number of aromatic nitrogens is 3. The number of aliphatic imine (C=N–C) groups is 1. The summed E-state index contributed by atoms with van der Waals surface area (Å²) in [5.41, 5.74) is 8.22. The maximum atomic E-state index is 12.9. The molecule has 266 valence electrons. The fourth-order valence-corrected chi connectivity index (χ4v) is 8.25. The minimum absolute atomic E-state index is 0.0300. The van der Waals surface area contributed by atoms with Crippen LogP contribution in [0.3, 0.4) is 0 Å². The summed E-state index contributed by atoms with van der Waals surface area (Å²) in [6.07, 6.45) is 1.36. The molecule has 0 bridgehead atoms. The molecule has 3 amide bonds. The predicted molar refractivity (Wildman–Crippen MR) is 206 cm³/mol. The van der Waals surface area contributed by atoms with E-state index in [1.807, 2.05) is 73.3 Å². The first kappa shape index (κ1) is 34.8. The number of anilines is 3. The molecular weight excluding hydrogens is 673 g/mol. The summed E-state index contributed by atoms with van der Waals surface area (Å²) in [6.45, 7) is 10.8. The largest absolute Gasteiger partial charge is 0.378 e. The van der Waals surface area contributed by atoms with Gasteiger partial charge >= 0.3 is 0 Å². The van der Waals surface area contributed by atoms with Crippen molar-refractivity contribution in [1.29, 1.82) is 0 Å². The summed E-state index contributed by atoms with van der Waals surface area (Å²) < 4.78 is 2.10. The lowest BCUT2D eigenvalue weighted by molar-refractivity contribution is -0.119. The van der Waals surface area contributed by atoms with E-state index >= 15 is 0 Å². The Morgan fingerprint density at radius 3 is 2.40 bits per heavy atom. The Balaban J connectivity index is 0.923. The SMILES string of the molecule is CCC(=O)N1c2ccccc2[C@H](Nc2ccc(C(=O)NCCC(=O)Nc3ccc(C4=NCc5nnc(C)n5-c5sc(C)c(C)c54)cc3)cc2)C[C@@H]1C. The van der Waals surface area contributed by atoms with E-state index in [9.17, 15) is 14.4 Å². The molecule has 7 rings (SSSR count). The van der Waals surface area contributed by atoms with Crippen molar-refractivity contribution in [2.45, 2.75) is 72.5 Å². The van der Waals surface area contributed by atoms with Crippen LogP contribution in [0.1, 0.15) is 88.3 Å². The normalized spacial score (nSPS) is 16.2. The van der Waals surface area contributed by atoms with E-state index in [0.717, 1.165) is 56.8 Å². The van der Waals surface area contributed by atoms with E-state index in [1.165, 1.54) is 10.4 Å². The standard InChI is InChI=1S/C40H42N8O3S/c1-6-36(50)47-23(2)21-32(31-9-7-8-10-33(31)47)43-29-17-13-28(14-18-29)39(51)41-20-19-35(49)44-30-15-11-27(12-16-30)38-37-24(3)25(4)52-40(37)48-26(5)45-46-34(48)22-42-38/h7-18,23,32,43H,6,19-22H2,1-5H3,(H,41,51)(H,44,49)/t23-,32+/m0/s1. The van der Waals surface area contributed by atoms with E-state index in [-0.39, 0.29) is 42.8 Å². The van der Waals surface area contributed by atoms with Crippen molar-refractivity contribution in [3.05, 3.63) is 117 Å². The second-order valence-corrected chi connectivity index (χ2v) is 14.5. The van der Waals surface area contributed by atoms with Crippen LogP contribution in [0.25, 0.3) is 5.00 Å². The highest BCUT2D eigenvalue weighted by Crippen LogP contribution is 2.39. The molecule has 0 saturated heterocycles. The van der Waals surface area contributed by atoms with Gasteiger partial charge in [0, 0.05) is 64.1 Å². The fourth-order valence-electron chi connectivity index (χ4n) is 7.03. The van der Waals surface area contributed by atoms with Crippen LogP contribution in [-0.4, -0.2) is 50.8 Å². The van der Waals surface area contributed by atoms with Crippen LogP contribution in [-0.2, 0) is 16.1 Å². The highest BCUT2D eigenvalue weighted by Gasteiger charge is 2.33. The number of carbonyl (C=O) groups is 3. The van der Waals surface area contributed by atoms with Gasteiger partial charge in [0.2, 0.25) is 11.8 Å². The van der Waals surface area contributed by atoms with Crippen LogP contribution in [0, 0.1) is 20.8 Å². The molecule has 0 aliphatic carbocycles. The third-order valence-electron chi connectivity index (χ3n) is 9.81. The van der Waals surface area contributed by atoms with E-state index < -0.39 is 0 Å². The molecule has 3 aromatic carbocycles. The number of amides is 3. The third kappa shape index (κ3) is 6.73. The zero-order chi connectivity index (χ0) is 36.5. The summed E-state index contributed by atoms with van der Waals surface area (Å²) in [4.78, 5) is 46.4. The number of aryl methyl sites for hydroxylation is 2. The van der Waals surface area contributed by atoms with Gasteiger partial charge < -0.3 is 20.9 Å². The van der Waals surface area contributed by atoms with Crippen molar-refractivity contribution in [2.75, 3.05) is 22.1 Å². The van der Waals surface area contributed by atoms with Crippen LogP contribution in [0.4, 0.5) is 17.1 Å². The first-order valence-electron chi connectivity index (χ1n) is 17.6. The lowest BCUT2D eigenvalue weighted by atomic mass is 9.91. The molecular formula is C40H42N8O3S. The molecule has 0 saturated carbocycles. The molecule has 0 fully saturated rings. The number of para-hydroxylation sites is 1. The molecule has 2 aliphatic rings. The second-order valence-electron chi connectivity index (χ2n) is 13.3. The third-order valence-corrected chi connectivity index (χ3v) is 11.0. The van der Waals surface area contributed by atoms with Gasteiger partial charge in [-0.05, 0) is 87.7 Å². The number of hydrogen-bond donors (Lipinski definition) is 3. The van der Waals surface area contributed by atoms with E-state index in [4.69, 9.17) is 4.99 Å². The number of carbonyl (C=O) groups excluding carboxylic acids is 3. The molecule has 11 nitrogen and oxygen atoms in total. The molecule has 2 aliphatic heterocycles. The Hall–Kier alpha value is -5.62.